The summed E-state index contributed by atoms with van der Waals surface area (Å²) in [6.07, 6.45) is 3.16. The first-order chi connectivity index (χ1) is 21.0. The van der Waals surface area contributed by atoms with Gasteiger partial charge in [0.1, 0.15) is 37.3 Å². The molecule has 0 saturated carbocycles. The zero-order chi connectivity index (χ0) is 32.1. The fourth-order valence-corrected chi connectivity index (χ4v) is 4.50. The maximum Gasteiger partial charge on any atom is 0.338 e. The van der Waals surface area contributed by atoms with E-state index in [0.29, 0.717) is 11.1 Å². The average Bonchev–Trinajstić information content (AvgIpc) is 3.46. The summed E-state index contributed by atoms with van der Waals surface area (Å²) in [6.45, 7) is 5.03. The van der Waals surface area contributed by atoms with Crippen molar-refractivity contribution in [3.8, 4) is 0 Å². The van der Waals surface area contributed by atoms with Crippen LogP contribution >= 0.6 is 0 Å². The molecule has 13 nitrogen and oxygen atoms in total. The van der Waals surface area contributed by atoms with Crippen LogP contribution in [0.4, 0.5) is 0 Å². The second-order valence-corrected chi connectivity index (χ2v) is 11.3. The number of nitrogens with one attached hydrogen (secondary N) is 2. The Kier molecular flexibility index (Phi) is 13.3. The SMILES string of the molecule is CC(C)(C)OC(=O)CC[C@@H](CO)NC(=O)CCNC(=O)C1=C[C@H]2OCO[C@H]2[C@H](OC(=O)c2ccc(C=COCCO)cc2)C1. The van der Waals surface area contributed by atoms with Crippen LogP contribution in [0.2, 0.25) is 0 Å². The average molecular weight is 619 g/mol. The van der Waals surface area contributed by atoms with Gasteiger partial charge in [0.25, 0.3) is 0 Å². The van der Waals surface area contributed by atoms with Gasteiger partial charge in [-0.3, -0.25) is 14.4 Å². The van der Waals surface area contributed by atoms with Crippen LogP contribution in [0.5, 0.6) is 0 Å². The molecule has 44 heavy (non-hydrogen) atoms. The highest BCUT2D eigenvalue weighted by atomic mass is 16.7. The Morgan fingerprint density at radius 2 is 1.84 bits per heavy atom. The fourth-order valence-electron chi connectivity index (χ4n) is 4.50. The van der Waals surface area contributed by atoms with Crippen molar-refractivity contribution in [2.45, 2.75) is 76.4 Å². The van der Waals surface area contributed by atoms with Gasteiger partial charge in [-0.15, -0.1) is 0 Å². The van der Waals surface area contributed by atoms with Crippen molar-refractivity contribution in [2.75, 3.05) is 33.2 Å². The Morgan fingerprint density at radius 1 is 1.09 bits per heavy atom. The first kappa shape index (κ1) is 34.7. The molecule has 1 aliphatic heterocycles. The van der Waals surface area contributed by atoms with Gasteiger partial charge >= 0.3 is 11.9 Å². The minimum Gasteiger partial charge on any atom is -0.499 e. The summed E-state index contributed by atoms with van der Waals surface area (Å²) < 4.78 is 27.2. The van der Waals surface area contributed by atoms with Gasteiger partial charge in [-0.05, 0) is 57.0 Å². The summed E-state index contributed by atoms with van der Waals surface area (Å²) in [6, 6.07) is 6.01. The number of aliphatic hydroxyl groups is 2. The molecule has 4 N–H and O–H groups in total. The number of ether oxygens (including phenoxy) is 5. The number of hydrogen-bond donors (Lipinski definition) is 4. The van der Waals surface area contributed by atoms with Gasteiger partial charge in [-0.2, -0.15) is 0 Å². The van der Waals surface area contributed by atoms with Crippen molar-refractivity contribution >= 4 is 29.8 Å². The normalized spacial score (nSPS) is 20.3. The second kappa shape index (κ2) is 16.9. The molecule has 242 valence electrons. The smallest absolute Gasteiger partial charge is 0.338 e. The number of rotatable bonds is 15. The van der Waals surface area contributed by atoms with Crippen molar-refractivity contribution < 1.29 is 53.1 Å². The number of aliphatic hydroxyl groups excluding tert-OH is 2. The lowest BCUT2D eigenvalue weighted by Crippen LogP contribution is -2.44. The van der Waals surface area contributed by atoms with Crippen LogP contribution in [0, 0.1) is 0 Å². The van der Waals surface area contributed by atoms with Crippen LogP contribution < -0.4 is 10.6 Å². The minimum atomic E-state index is -0.772. The summed E-state index contributed by atoms with van der Waals surface area (Å²) in [5, 5.41) is 23.7. The highest BCUT2D eigenvalue weighted by Crippen LogP contribution is 2.30. The summed E-state index contributed by atoms with van der Waals surface area (Å²) >= 11 is 0. The van der Waals surface area contributed by atoms with Crippen LogP contribution in [-0.2, 0) is 38.1 Å². The van der Waals surface area contributed by atoms with Gasteiger partial charge in [0, 0.05) is 31.4 Å². The Balaban J connectivity index is 1.47. The molecule has 13 heteroatoms. The van der Waals surface area contributed by atoms with E-state index in [1.165, 1.54) is 6.26 Å². The lowest BCUT2D eigenvalue weighted by atomic mass is 9.91. The van der Waals surface area contributed by atoms with E-state index in [4.69, 9.17) is 28.8 Å². The molecule has 0 radical (unpaired) electrons. The molecule has 1 aliphatic carbocycles. The molecule has 1 heterocycles. The Bertz CT molecular complexity index is 1190. The molecule has 0 bridgehead atoms. The Hall–Kier alpha value is -3.78. The number of benzene rings is 1. The van der Waals surface area contributed by atoms with Crippen LogP contribution in [-0.4, -0.2) is 97.1 Å². The lowest BCUT2D eigenvalue weighted by Gasteiger charge is -2.30. The lowest BCUT2D eigenvalue weighted by molar-refractivity contribution is -0.155. The number of hydrogen-bond acceptors (Lipinski definition) is 11. The van der Waals surface area contributed by atoms with Crippen LogP contribution in [0.25, 0.3) is 6.08 Å². The molecule has 0 unspecified atom stereocenters. The molecular weight excluding hydrogens is 576 g/mol. The van der Waals surface area contributed by atoms with Gasteiger partial charge in [0.2, 0.25) is 11.8 Å². The summed E-state index contributed by atoms with van der Waals surface area (Å²) in [7, 11) is 0. The number of esters is 2. The standard InChI is InChI=1S/C31H42N2O11/c1-31(2,3)44-27(37)9-8-23(18-35)33-26(36)10-12-32-29(38)22-16-24-28(42-19-41-24)25(17-22)43-30(39)21-6-4-20(5-7-21)11-14-40-15-13-34/h4-7,11,14,16,23-25,28,34-35H,8-10,12-13,15,17-19H2,1-3H3,(H,32,38)(H,33,36)/t23-,24+,25+,28+/m0/s1. The molecule has 3 rings (SSSR count). The minimum absolute atomic E-state index is 0.00567. The number of carbonyl (C=O) groups is 4. The summed E-state index contributed by atoms with van der Waals surface area (Å²) in [5.74, 6) is -1.84. The van der Waals surface area contributed by atoms with E-state index < -0.39 is 53.7 Å². The van der Waals surface area contributed by atoms with E-state index in [2.05, 4.69) is 10.6 Å². The third-order valence-corrected chi connectivity index (χ3v) is 6.60. The van der Waals surface area contributed by atoms with E-state index in [9.17, 15) is 24.3 Å². The van der Waals surface area contributed by atoms with E-state index in [1.807, 2.05) is 0 Å². The first-order valence-corrected chi connectivity index (χ1v) is 14.5. The predicted octanol–water partition coefficient (Wildman–Crippen LogP) is 1.37. The van der Waals surface area contributed by atoms with Crippen molar-refractivity contribution in [3.05, 3.63) is 53.3 Å². The van der Waals surface area contributed by atoms with Gasteiger partial charge in [-0.1, -0.05) is 12.1 Å². The van der Waals surface area contributed by atoms with Gasteiger partial charge < -0.3 is 44.5 Å². The van der Waals surface area contributed by atoms with E-state index in [1.54, 1.807) is 57.2 Å². The second-order valence-electron chi connectivity index (χ2n) is 11.3. The Labute approximate surface area is 256 Å². The fraction of sp³-hybridized carbons (Fsp3) is 0.548. The maximum atomic E-state index is 12.9. The molecule has 2 amide bonds. The van der Waals surface area contributed by atoms with Gasteiger partial charge in [-0.25, -0.2) is 4.79 Å². The highest BCUT2D eigenvalue weighted by Gasteiger charge is 2.42. The number of fused-ring (bicyclic) bond motifs is 1. The Morgan fingerprint density at radius 3 is 2.52 bits per heavy atom. The quantitative estimate of drug-likeness (QED) is 0.127. The van der Waals surface area contributed by atoms with Crippen molar-refractivity contribution in [1.29, 1.82) is 0 Å². The molecule has 4 atom stereocenters. The monoisotopic (exact) mass is 618 g/mol. The zero-order valence-electron chi connectivity index (χ0n) is 25.3. The molecule has 0 aromatic heterocycles. The largest absolute Gasteiger partial charge is 0.499 e. The van der Waals surface area contributed by atoms with Crippen molar-refractivity contribution in [2.24, 2.45) is 0 Å². The first-order valence-electron chi connectivity index (χ1n) is 14.5. The molecule has 2 aliphatic rings. The molecule has 1 aromatic rings. The number of carbonyl (C=O) groups excluding carboxylic acids is 4. The van der Waals surface area contributed by atoms with Crippen LogP contribution in [0.15, 0.2) is 42.2 Å². The summed E-state index contributed by atoms with van der Waals surface area (Å²) in [5.41, 5.74) is 0.813. The van der Waals surface area contributed by atoms with E-state index >= 15 is 0 Å². The van der Waals surface area contributed by atoms with Gasteiger partial charge in [0.15, 0.2) is 0 Å². The third kappa shape index (κ3) is 11.4. The van der Waals surface area contributed by atoms with E-state index in [-0.39, 0.29) is 58.8 Å². The molecular formula is C31H42N2O11. The third-order valence-electron chi connectivity index (χ3n) is 6.60. The van der Waals surface area contributed by atoms with Crippen LogP contribution in [0.1, 0.15) is 62.4 Å². The van der Waals surface area contributed by atoms with Crippen LogP contribution in [0.3, 0.4) is 0 Å². The topological polar surface area (TPSA) is 179 Å². The molecule has 1 aromatic carbocycles. The molecule has 1 fully saturated rings. The number of amides is 2. The highest BCUT2D eigenvalue weighted by molar-refractivity contribution is 5.94. The zero-order valence-corrected chi connectivity index (χ0v) is 25.3. The van der Waals surface area contributed by atoms with Gasteiger partial charge in [0.05, 0.1) is 31.1 Å². The van der Waals surface area contributed by atoms with Crippen molar-refractivity contribution in [1.82, 2.24) is 10.6 Å². The molecule has 1 saturated heterocycles. The maximum absolute atomic E-state index is 12.9. The summed E-state index contributed by atoms with van der Waals surface area (Å²) in [4.78, 5) is 50.1. The van der Waals surface area contributed by atoms with E-state index in [0.717, 1.165) is 5.56 Å². The van der Waals surface area contributed by atoms with Crippen molar-refractivity contribution in [3.63, 3.8) is 0 Å². The molecule has 0 spiro atoms. The predicted molar refractivity (Wildman–Crippen MR) is 157 cm³/mol.